The molecular formula is C16H23N3. The predicted molar refractivity (Wildman–Crippen MR) is 82.6 cm³/mol. The van der Waals surface area contributed by atoms with Gasteiger partial charge in [0.25, 0.3) is 0 Å². The maximum Gasteiger partial charge on any atom is 0.134 e. The zero-order valence-electron chi connectivity index (χ0n) is 12.1. The van der Waals surface area contributed by atoms with Crippen molar-refractivity contribution in [3.63, 3.8) is 0 Å². The van der Waals surface area contributed by atoms with Crippen LogP contribution in [0.25, 0.3) is 10.8 Å². The third kappa shape index (κ3) is 3.44. The fraction of sp³-hybridized carbons (Fsp3) is 0.438. The van der Waals surface area contributed by atoms with E-state index in [1.165, 1.54) is 10.8 Å². The standard InChI is InChI=1S/C16H23N3/c1-4-19(5-2)12-13(3)18-16-15-9-7-6-8-14(15)10-11-17-16/h6-11,13H,4-5,12H2,1-3H3,(H,17,18). The number of nitrogens with one attached hydrogen (secondary N) is 1. The summed E-state index contributed by atoms with van der Waals surface area (Å²) in [6.07, 6.45) is 1.87. The van der Waals surface area contributed by atoms with E-state index in [9.17, 15) is 0 Å². The topological polar surface area (TPSA) is 28.2 Å². The van der Waals surface area contributed by atoms with Crippen molar-refractivity contribution in [2.45, 2.75) is 26.8 Å². The quantitative estimate of drug-likeness (QED) is 0.860. The Morgan fingerprint density at radius 3 is 2.63 bits per heavy atom. The molecule has 1 atom stereocenters. The van der Waals surface area contributed by atoms with Crippen LogP contribution in [0.4, 0.5) is 5.82 Å². The molecule has 1 aromatic heterocycles. The highest BCUT2D eigenvalue weighted by Gasteiger charge is 2.09. The van der Waals surface area contributed by atoms with Crippen LogP contribution < -0.4 is 5.32 Å². The number of hydrogen-bond acceptors (Lipinski definition) is 3. The van der Waals surface area contributed by atoms with Crippen LogP contribution in [0.1, 0.15) is 20.8 Å². The smallest absolute Gasteiger partial charge is 0.134 e. The van der Waals surface area contributed by atoms with E-state index in [1.54, 1.807) is 0 Å². The number of fused-ring (bicyclic) bond motifs is 1. The summed E-state index contributed by atoms with van der Waals surface area (Å²) in [5.41, 5.74) is 0. The molecule has 0 spiro atoms. The molecule has 0 radical (unpaired) electrons. The van der Waals surface area contributed by atoms with Crippen LogP contribution >= 0.6 is 0 Å². The molecule has 2 aromatic rings. The lowest BCUT2D eigenvalue weighted by atomic mass is 10.1. The average Bonchev–Trinajstić information content (AvgIpc) is 2.45. The van der Waals surface area contributed by atoms with E-state index in [0.29, 0.717) is 6.04 Å². The monoisotopic (exact) mass is 257 g/mol. The normalized spacial score (nSPS) is 12.8. The lowest BCUT2D eigenvalue weighted by molar-refractivity contribution is 0.294. The summed E-state index contributed by atoms with van der Waals surface area (Å²) in [5, 5.41) is 5.95. The van der Waals surface area contributed by atoms with Gasteiger partial charge in [0.2, 0.25) is 0 Å². The molecule has 0 aliphatic rings. The second-order valence-corrected chi connectivity index (χ2v) is 4.91. The highest BCUT2D eigenvalue weighted by Crippen LogP contribution is 2.20. The number of benzene rings is 1. The van der Waals surface area contributed by atoms with Gasteiger partial charge in [-0.15, -0.1) is 0 Å². The van der Waals surface area contributed by atoms with Crippen LogP contribution in [0.2, 0.25) is 0 Å². The number of pyridine rings is 1. The molecule has 0 saturated carbocycles. The number of hydrogen-bond donors (Lipinski definition) is 1. The molecule has 0 amide bonds. The van der Waals surface area contributed by atoms with Crippen molar-refractivity contribution < 1.29 is 0 Å². The van der Waals surface area contributed by atoms with E-state index in [1.807, 2.05) is 6.20 Å². The first kappa shape index (κ1) is 13.8. The number of nitrogens with zero attached hydrogens (tertiary/aromatic N) is 2. The van der Waals surface area contributed by atoms with Gasteiger partial charge in [-0.25, -0.2) is 4.98 Å². The van der Waals surface area contributed by atoms with Crippen LogP contribution in [0.5, 0.6) is 0 Å². The highest BCUT2D eigenvalue weighted by atomic mass is 15.1. The zero-order valence-corrected chi connectivity index (χ0v) is 12.1. The Kier molecular flexibility index (Phi) is 4.74. The van der Waals surface area contributed by atoms with Gasteiger partial charge in [-0.1, -0.05) is 38.1 Å². The van der Waals surface area contributed by atoms with E-state index in [0.717, 1.165) is 25.5 Å². The SMILES string of the molecule is CCN(CC)CC(C)Nc1nccc2ccccc12. The molecule has 2 rings (SSSR count). The number of rotatable bonds is 6. The summed E-state index contributed by atoms with van der Waals surface area (Å²) < 4.78 is 0. The first-order valence-electron chi connectivity index (χ1n) is 7.07. The summed E-state index contributed by atoms with van der Waals surface area (Å²) in [6, 6.07) is 10.8. The molecule has 0 fully saturated rings. The Balaban J connectivity index is 2.12. The van der Waals surface area contributed by atoms with E-state index in [-0.39, 0.29) is 0 Å². The maximum absolute atomic E-state index is 4.48. The van der Waals surface area contributed by atoms with E-state index in [4.69, 9.17) is 0 Å². The predicted octanol–water partition coefficient (Wildman–Crippen LogP) is 3.38. The largest absolute Gasteiger partial charge is 0.366 e. The first-order chi connectivity index (χ1) is 9.24. The van der Waals surface area contributed by atoms with Crippen molar-refractivity contribution in [3.8, 4) is 0 Å². The van der Waals surface area contributed by atoms with Gasteiger partial charge in [-0.05, 0) is 31.5 Å². The second-order valence-electron chi connectivity index (χ2n) is 4.91. The summed E-state index contributed by atoms with van der Waals surface area (Å²) in [4.78, 5) is 6.90. The van der Waals surface area contributed by atoms with Crippen LogP contribution in [0.15, 0.2) is 36.5 Å². The highest BCUT2D eigenvalue weighted by molar-refractivity contribution is 5.91. The van der Waals surface area contributed by atoms with Gasteiger partial charge in [-0.2, -0.15) is 0 Å². The van der Waals surface area contributed by atoms with Gasteiger partial charge in [0, 0.05) is 24.2 Å². The second kappa shape index (κ2) is 6.53. The molecular weight excluding hydrogens is 234 g/mol. The number of anilines is 1. The fourth-order valence-electron chi connectivity index (χ4n) is 2.38. The van der Waals surface area contributed by atoms with Crippen molar-refractivity contribution in [2.75, 3.05) is 25.0 Å². The third-order valence-corrected chi connectivity index (χ3v) is 3.48. The molecule has 19 heavy (non-hydrogen) atoms. The molecule has 3 heteroatoms. The average molecular weight is 257 g/mol. The summed E-state index contributed by atoms with van der Waals surface area (Å²) >= 11 is 0. The van der Waals surface area contributed by atoms with Crippen molar-refractivity contribution in [2.24, 2.45) is 0 Å². The van der Waals surface area contributed by atoms with Crippen LogP contribution in [0, 0.1) is 0 Å². The van der Waals surface area contributed by atoms with Crippen LogP contribution in [0.3, 0.4) is 0 Å². The molecule has 1 heterocycles. The molecule has 1 N–H and O–H groups in total. The minimum Gasteiger partial charge on any atom is -0.366 e. The molecule has 102 valence electrons. The Morgan fingerprint density at radius 1 is 1.16 bits per heavy atom. The Labute approximate surface area is 115 Å². The molecule has 0 aliphatic heterocycles. The van der Waals surface area contributed by atoms with Crippen molar-refractivity contribution in [3.05, 3.63) is 36.5 Å². The van der Waals surface area contributed by atoms with Gasteiger partial charge >= 0.3 is 0 Å². The third-order valence-electron chi connectivity index (χ3n) is 3.48. The molecule has 1 aromatic carbocycles. The molecule has 0 saturated heterocycles. The van der Waals surface area contributed by atoms with Gasteiger partial charge in [0.05, 0.1) is 0 Å². The van der Waals surface area contributed by atoms with Gasteiger partial charge < -0.3 is 10.2 Å². The molecule has 0 aliphatic carbocycles. The summed E-state index contributed by atoms with van der Waals surface area (Å²) in [6.45, 7) is 9.83. The Hall–Kier alpha value is -1.61. The number of aromatic nitrogens is 1. The van der Waals surface area contributed by atoms with Crippen molar-refractivity contribution in [1.82, 2.24) is 9.88 Å². The van der Waals surface area contributed by atoms with E-state index < -0.39 is 0 Å². The molecule has 0 bridgehead atoms. The van der Waals surface area contributed by atoms with Crippen molar-refractivity contribution in [1.29, 1.82) is 0 Å². The fourth-order valence-corrected chi connectivity index (χ4v) is 2.38. The van der Waals surface area contributed by atoms with Gasteiger partial charge in [0.15, 0.2) is 0 Å². The maximum atomic E-state index is 4.48. The molecule has 3 nitrogen and oxygen atoms in total. The van der Waals surface area contributed by atoms with Crippen LogP contribution in [-0.4, -0.2) is 35.6 Å². The zero-order chi connectivity index (χ0) is 13.7. The summed E-state index contributed by atoms with van der Waals surface area (Å²) in [5.74, 6) is 0.984. The first-order valence-corrected chi connectivity index (χ1v) is 7.07. The van der Waals surface area contributed by atoms with E-state index >= 15 is 0 Å². The lowest BCUT2D eigenvalue weighted by Crippen LogP contribution is -2.34. The summed E-state index contributed by atoms with van der Waals surface area (Å²) in [7, 11) is 0. The van der Waals surface area contributed by atoms with Gasteiger partial charge in [-0.3, -0.25) is 0 Å². The molecule has 1 unspecified atom stereocenters. The van der Waals surface area contributed by atoms with Crippen LogP contribution in [-0.2, 0) is 0 Å². The van der Waals surface area contributed by atoms with Gasteiger partial charge in [0.1, 0.15) is 5.82 Å². The minimum absolute atomic E-state index is 0.387. The Bertz CT molecular complexity index is 515. The van der Waals surface area contributed by atoms with E-state index in [2.05, 4.69) is 66.3 Å². The number of likely N-dealkylation sites (N-methyl/N-ethyl adjacent to an activating group) is 1. The minimum atomic E-state index is 0.387. The Morgan fingerprint density at radius 2 is 1.89 bits per heavy atom. The lowest BCUT2D eigenvalue weighted by Gasteiger charge is -2.24. The van der Waals surface area contributed by atoms with Crippen molar-refractivity contribution >= 4 is 16.6 Å².